The van der Waals surface area contributed by atoms with E-state index < -0.39 is 0 Å². The van der Waals surface area contributed by atoms with E-state index in [2.05, 4.69) is 31.2 Å². The molecular formula is C13H14O. The molecule has 72 valence electrons. The Hall–Kier alpha value is -1.34. The van der Waals surface area contributed by atoms with E-state index >= 15 is 0 Å². The quantitative estimate of drug-likeness (QED) is 0.764. The third-order valence-electron chi connectivity index (χ3n) is 2.58. The number of aliphatic hydroxyl groups is 1. The molecule has 0 amide bonds. The van der Waals surface area contributed by atoms with E-state index in [0.717, 1.165) is 6.42 Å². The van der Waals surface area contributed by atoms with Crippen LogP contribution in [-0.2, 0) is 6.42 Å². The molecular weight excluding hydrogens is 172 g/mol. The van der Waals surface area contributed by atoms with Crippen LogP contribution in [0.2, 0.25) is 0 Å². The van der Waals surface area contributed by atoms with Crippen LogP contribution in [0.4, 0.5) is 0 Å². The first-order valence-corrected chi connectivity index (χ1v) is 4.91. The van der Waals surface area contributed by atoms with E-state index in [-0.39, 0.29) is 6.61 Å². The standard InChI is InChI=1S/C13H14O/c1-10-9-11(7-8-14)13-6-4-2-3-5-12(10)13/h2-6,9,14H,7-8H2,1H3. The molecule has 2 aliphatic carbocycles. The molecule has 0 aromatic heterocycles. The first-order valence-electron chi connectivity index (χ1n) is 4.91. The number of aryl methyl sites for hydroxylation is 1. The van der Waals surface area contributed by atoms with Gasteiger partial charge in [0, 0.05) is 6.61 Å². The Bertz CT molecular complexity index is 406. The van der Waals surface area contributed by atoms with Gasteiger partial charge in [0.2, 0.25) is 0 Å². The SMILES string of the molecule is Cc1cc(CCO)c2cccccc1-2. The zero-order valence-corrected chi connectivity index (χ0v) is 8.33. The lowest BCUT2D eigenvalue weighted by atomic mass is 10.1. The fourth-order valence-electron chi connectivity index (χ4n) is 1.92. The maximum absolute atomic E-state index is 8.95. The first-order chi connectivity index (χ1) is 6.83. The van der Waals surface area contributed by atoms with Crippen molar-refractivity contribution in [1.82, 2.24) is 0 Å². The number of fused-ring (bicyclic) bond motifs is 1. The fourth-order valence-corrected chi connectivity index (χ4v) is 1.92. The summed E-state index contributed by atoms with van der Waals surface area (Å²) in [6.45, 7) is 2.33. The fraction of sp³-hybridized carbons (Fsp3) is 0.231. The minimum absolute atomic E-state index is 0.219. The first kappa shape index (κ1) is 9.22. The van der Waals surface area contributed by atoms with Crippen molar-refractivity contribution >= 4 is 0 Å². The second-order valence-corrected chi connectivity index (χ2v) is 3.56. The zero-order valence-electron chi connectivity index (χ0n) is 8.33. The van der Waals surface area contributed by atoms with Gasteiger partial charge in [-0.25, -0.2) is 0 Å². The Labute approximate surface area is 84.4 Å². The van der Waals surface area contributed by atoms with E-state index in [1.54, 1.807) is 0 Å². The van der Waals surface area contributed by atoms with Crippen LogP contribution in [-0.4, -0.2) is 11.7 Å². The summed E-state index contributed by atoms with van der Waals surface area (Å²) in [7, 11) is 0. The molecule has 2 aliphatic rings. The smallest absolute Gasteiger partial charge is 0.0471 e. The number of rotatable bonds is 2. The third kappa shape index (κ3) is 1.51. The molecule has 0 saturated carbocycles. The minimum atomic E-state index is 0.219. The van der Waals surface area contributed by atoms with Crippen LogP contribution in [0.15, 0.2) is 36.4 Å². The zero-order chi connectivity index (χ0) is 9.97. The molecule has 0 fully saturated rings. The summed E-state index contributed by atoms with van der Waals surface area (Å²) >= 11 is 0. The van der Waals surface area contributed by atoms with Gasteiger partial charge in [-0.15, -0.1) is 0 Å². The third-order valence-corrected chi connectivity index (χ3v) is 2.58. The molecule has 0 saturated heterocycles. The van der Waals surface area contributed by atoms with Crippen LogP contribution >= 0.6 is 0 Å². The number of aliphatic hydroxyl groups excluding tert-OH is 1. The molecule has 1 N–H and O–H groups in total. The van der Waals surface area contributed by atoms with Crippen LogP contribution in [0, 0.1) is 6.92 Å². The van der Waals surface area contributed by atoms with Crippen LogP contribution < -0.4 is 0 Å². The van der Waals surface area contributed by atoms with Crippen molar-refractivity contribution in [3.8, 4) is 11.1 Å². The van der Waals surface area contributed by atoms with Gasteiger partial charge in [0.05, 0.1) is 0 Å². The number of hydrogen-bond donors (Lipinski definition) is 1. The molecule has 1 nitrogen and oxygen atoms in total. The van der Waals surface area contributed by atoms with E-state index in [9.17, 15) is 0 Å². The average Bonchev–Trinajstić information content (AvgIpc) is 2.41. The Morgan fingerprint density at radius 3 is 2.50 bits per heavy atom. The van der Waals surface area contributed by atoms with Crippen molar-refractivity contribution in [2.75, 3.05) is 6.61 Å². The van der Waals surface area contributed by atoms with Gasteiger partial charge in [-0.3, -0.25) is 0 Å². The highest BCUT2D eigenvalue weighted by molar-refractivity contribution is 5.74. The van der Waals surface area contributed by atoms with Gasteiger partial charge in [0.1, 0.15) is 0 Å². The molecule has 0 atom stereocenters. The molecule has 0 aliphatic heterocycles. The predicted molar refractivity (Wildman–Crippen MR) is 58.6 cm³/mol. The Kier molecular flexibility index (Phi) is 2.51. The van der Waals surface area contributed by atoms with Crippen LogP contribution in [0.5, 0.6) is 0 Å². The monoisotopic (exact) mass is 186 g/mol. The highest BCUT2D eigenvalue weighted by Gasteiger charge is 2.10. The van der Waals surface area contributed by atoms with Crippen molar-refractivity contribution in [2.24, 2.45) is 0 Å². The van der Waals surface area contributed by atoms with Gasteiger partial charge in [-0.1, -0.05) is 36.4 Å². The summed E-state index contributed by atoms with van der Waals surface area (Å²) in [4.78, 5) is 0. The maximum Gasteiger partial charge on any atom is 0.0471 e. The Balaban J connectivity index is 2.58. The summed E-state index contributed by atoms with van der Waals surface area (Å²) in [5.74, 6) is 0. The Morgan fingerprint density at radius 1 is 1.07 bits per heavy atom. The second kappa shape index (κ2) is 3.81. The van der Waals surface area contributed by atoms with Crippen molar-refractivity contribution in [2.45, 2.75) is 13.3 Å². The molecule has 0 aromatic rings. The van der Waals surface area contributed by atoms with Gasteiger partial charge < -0.3 is 5.11 Å². The molecule has 0 unspecified atom stereocenters. The maximum atomic E-state index is 8.95. The van der Waals surface area contributed by atoms with Crippen molar-refractivity contribution in [1.29, 1.82) is 0 Å². The van der Waals surface area contributed by atoms with E-state index in [0.29, 0.717) is 0 Å². The van der Waals surface area contributed by atoms with Crippen molar-refractivity contribution in [3.05, 3.63) is 47.5 Å². The summed E-state index contributed by atoms with van der Waals surface area (Å²) < 4.78 is 0. The molecule has 0 aromatic carbocycles. The molecule has 0 heterocycles. The van der Waals surface area contributed by atoms with E-state index in [4.69, 9.17) is 5.11 Å². The average molecular weight is 186 g/mol. The normalized spacial score (nSPS) is 10.7. The molecule has 0 bridgehead atoms. The van der Waals surface area contributed by atoms with Crippen LogP contribution in [0.25, 0.3) is 11.1 Å². The molecule has 14 heavy (non-hydrogen) atoms. The lowest BCUT2D eigenvalue weighted by Gasteiger charge is -1.98. The minimum Gasteiger partial charge on any atom is -0.396 e. The van der Waals surface area contributed by atoms with Crippen LogP contribution in [0.1, 0.15) is 11.1 Å². The lowest BCUT2D eigenvalue weighted by Crippen LogP contribution is -1.88. The Morgan fingerprint density at radius 2 is 1.79 bits per heavy atom. The van der Waals surface area contributed by atoms with Gasteiger partial charge >= 0.3 is 0 Å². The summed E-state index contributed by atoms with van der Waals surface area (Å²) in [5.41, 5.74) is 5.09. The van der Waals surface area contributed by atoms with E-state index in [1.807, 2.05) is 12.1 Å². The molecule has 0 spiro atoms. The largest absolute Gasteiger partial charge is 0.396 e. The highest BCUT2D eigenvalue weighted by Crippen LogP contribution is 2.31. The van der Waals surface area contributed by atoms with Gasteiger partial charge in [0.15, 0.2) is 0 Å². The topological polar surface area (TPSA) is 20.2 Å². The summed E-state index contributed by atoms with van der Waals surface area (Å²) in [6, 6.07) is 12.5. The van der Waals surface area contributed by atoms with Crippen molar-refractivity contribution in [3.63, 3.8) is 0 Å². The van der Waals surface area contributed by atoms with Gasteiger partial charge in [0.25, 0.3) is 0 Å². The summed E-state index contributed by atoms with van der Waals surface area (Å²) in [6.07, 6.45) is 0.744. The highest BCUT2D eigenvalue weighted by atomic mass is 16.2. The van der Waals surface area contributed by atoms with Gasteiger partial charge in [-0.2, -0.15) is 0 Å². The van der Waals surface area contributed by atoms with Gasteiger partial charge in [-0.05, 0) is 35.6 Å². The molecule has 2 rings (SSSR count). The molecule has 0 radical (unpaired) electrons. The molecule has 1 heteroatoms. The van der Waals surface area contributed by atoms with E-state index in [1.165, 1.54) is 22.3 Å². The second-order valence-electron chi connectivity index (χ2n) is 3.56. The lowest BCUT2D eigenvalue weighted by molar-refractivity contribution is 0.300. The number of hydrogen-bond acceptors (Lipinski definition) is 1. The summed E-state index contributed by atoms with van der Waals surface area (Å²) in [5, 5.41) is 8.95. The predicted octanol–water partition coefficient (Wildman–Crippen LogP) is 2.63. The van der Waals surface area contributed by atoms with Crippen LogP contribution in [0.3, 0.4) is 0 Å². The van der Waals surface area contributed by atoms with Crippen molar-refractivity contribution < 1.29 is 5.11 Å².